The molecule has 0 saturated carbocycles. The molecule has 1 unspecified atom stereocenters. The number of fused-ring (bicyclic) bond motifs is 1. The summed E-state index contributed by atoms with van der Waals surface area (Å²) in [5.74, 6) is 0.119. The maximum atomic E-state index is 12.4. The third-order valence-electron chi connectivity index (χ3n) is 3.18. The number of methoxy groups -OCH3 is 1. The second kappa shape index (κ2) is 6.19. The van der Waals surface area contributed by atoms with Crippen molar-refractivity contribution in [2.75, 3.05) is 19.5 Å². The van der Waals surface area contributed by atoms with Crippen molar-refractivity contribution in [2.45, 2.75) is 19.9 Å². The van der Waals surface area contributed by atoms with Gasteiger partial charge in [-0.1, -0.05) is 13.8 Å². The molecule has 1 amide bonds. The van der Waals surface area contributed by atoms with E-state index >= 15 is 0 Å². The van der Waals surface area contributed by atoms with Gasteiger partial charge < -0.3 is 15.8 Å². The number of rotatable bonds is 5. The smallest absolute Gasteiger partial charge is 0.263 e. The number of hydrogen-bond acceptors (Lipinski definition) is 5. The molecule has 0 aromatic carbocycles. The van der Waals surface area contributed by atoms with Gasteiger partial charge in [0.25, 0.3) is 5.91 Å². The molecular weight excluding hydrogens is 274 g/mol. The second-order valence-corrected chi connectivity index (χ2v) is 5.98. The Balaban J connectivity index is 2.24. The predicted octanol–water partition coefficient (Wildman–Crippen LogP) is 2.28. The van der Waals surface area contributed by atoms with Crippen LogP contribution in [0.25, 0.3) is 10.2 Å². The molecule has 2 rings (SSSR count). The normalized spacial score (nSPS) is 12.8. The number of nitrogens with two attached hydrogens (primary N) is 1. The van der Waals surface area contributed by atoms with Crippen LogP contribution in [0.1, 0.15) is 23.5 Å². The molecule has 2 aromatic heterocycles. The van der Waals surface area contributed by atoms with Gasteiger partial charge in [-0.05, 0) is 18.1 Å². The van der Waals surface area contributed by atoms with Crippen LogP contribution in [-0.4, -0.2) is 30.6 Å². The summed E-state index contributed by atoms with van der Waals surface area (Å²) >= 11 is 1.31. The Morgan fingerprint density at radius 3 is 2.90 bits per heavy atom. The van der Waals surface area contributed by atoms with E-state index in [9.17, 15) is 4.79 Å². The zero-order chi connectivity index (χ0) is 14.7. The summed E-state index contributed by atoms with van der Waals surface area (Å²) in [5, 5.41) is 3.80. The van der Waals surface area contributed by atoms with Crippen LogP contribution >= 0.6 is 11.3 Å². The summed E-state index contributed by atoms with van der Waals surface area (Å²) in [4.78, 5) is 17.9. The lowest BCUT2D eigenvalue weighted by atomic mass is 10.1. The molecule has 5 nitrogen and oxygen atoms in total. The van der Waals surface area contributed by atoms with Crippen molar-refractivity contribution in [2.24, 2.45) is 5.92 Å². The van der Waals surface area contributed by atoms with Crippen molar-refractivity contribution in [3.63, 3.8) is 0 Å². The van der Waals surface area contributed by atoms with E-state index in [-0.39, 0.29) is 17.9 Å². The Hall–Kier alpha value is -1.66. The van der Waals surface area contributed by atoms with Gasteiger partial charge in [-0.15, -0.1) is 11.3 Å². The lowest BCUT2D eigenvalue weighted by Gasteiger charge is -2.21. The molecule has 3 N–H and O–H groups in total. The Morgan fingerprint density at radius 1 is 1.55 bits per heavy atom. The number of ether oxygens (including phenoxy) is 1. The second-order valence-electron chi connectivity index (χ2n) is 4.98. The molecule has 0 aliphatic carbocycles. The number of aromatic nitrogens is 1. The first-order valence-electron chi connectivity index (χ1n) is 6.47. The molecule has 0 saturated heterocycles. The molecule has 0 bridgehead atoms. The van der Waals surface area contributed by atoms with Crippen LogP contribution in [0.5, 0.6) is 0 Å². The standard InChI is InChI=1S/C14H19N3O2S/c1-8(2)10(7-19-3)17-13(18)12-11(15)9-5-4-6-16-14(9)20-12/h4-6,8,10H,7,15H2,1-3H3,(H,17,18). The van der Waals surface area contributed by atoms with E-state index in [2.05, 4.69) is 10.3 Å². The van der Waals surface area contributed by atoms with Crippen molar-refractivity contribution in [1.29, 1.82) is 0 Å². The van der Waals surface area contributed by atoms with Gasteiger partial charge in [-0.3, -0.25) is 4.79 Å². The summed E-state index contributed by atoms with van der Waals surface area (Å²) in [5.41, 5.74) is 6.54. The van der Waals surface area contributed by atoms with E-state index in [1.807, 2.05) is 26.0 Å². The van der Waals surface area contributed by atoms with Gasteiger partial charge in [0, 0.05) is 18.7 Å². The summed E-state index contributed by atoms with van der Waals surface area (Å²) in [7, 11) is 1.62. The van der Waals surface area contributed by atoms with Gasteiger partial charge in [0.15, 0.2) is 0 Å². The Bertz CT molecular complexity index is 609. The highest BCUT2D eigenvalue weighted by Crippen LogP contribution is 2.31. The Kier molecular flexibility index (Phi) is 4.57. The summed E-state index contributed by atoms with van der Waals surface area (Å²) in [6.07, 6.45) is 1.70. The van der Waals surface area contributed by atoms with Crippen LogP contribution in [0, 0.1) is 5.92 Å². The monoisotopic (exact) mass is 293 g/mol. The number of carbonyl (C=O) groups is 1. The molecule has 0 fully saturated rings. The fourth-order valence-corrected chi connectivity index (χ4v) is 2.90. The molecular formula is C14H19N3O2S. The molecule has 6 heteroatoms. The highest BCUT2D eigenvalue weighted by atomic mass is 32.1. The van der Waals surface area contributed by atoms with Crippen molar-refractivity contribution >= 4 is 33.1 Å². The van der Waals surface area contributed by atoms with E-state index in [0.717, 1.165) is 10.2 Å². The van der Waals surface area contributed by atoms with E-state index in [0.29, 0.717) is 17.2 Å². The number of hydrogen-bond donors (Lipinski definition) is 2. The molecule has 0 radical (unpaired) electrons. The molecule has 0 aliphatic rings. The maximum absolute atomic E-state index is 12.4. The lowest BCUT2D eigenvalue weighted by molar-refractivity contribution is 0.0871. The number of carbonyl (C=O) groups excluding carboxylic acids is 1. The third kappa shape index (κ3) is 2.91. The van der Waals surface area contributed by atoms with E-state index in [1.54, 1.807) is 13.3 Å². The average molecular weight is 293 g/mol. The third-order valence-corrected chi connectivity index (χ3v) is 4.31. The van der Waals surface area contributed by atoms with Gasteiger partial charge in [0.1, 0.15) is 9.71 Å². The van der Waals surface area contributed by atoms with E-state index in [4.69, 9.17) is 10.5 Å². The maximum Gasteiger partial charge on any atom is 0.263 e. The van der Waals surface area contributed by atoms with E-state index in [1.165, 1.54) is 11.3 Å². The highest BCUT2D eigenvalue weighted by Gasteiger charge is 2.21. The highest BCUT2D eigenvalue weighted by molar-refractivity contribution is 7.21. The molecule has 2 aromatic rings. The zero-order valence-electron chi connectivity index (χ0n) is 11.8. The van der Waals surface area contributed by atoms with Gasteiger partial charge in [-0.25, -0.2) is 4.98 Å². The number of nitrogen functional groups attached to an aromatic ring is 1. The van der Waals surface area contributed by atoms with Gasteiger partial charge in [0.2, 0.25) is 0 Å². The molecule has 20 heavy (non-hydrogen) atoms. The van der Waals surface area contributed by atoms with E-state index < -0.39 is 0 Å². The first-order chi connectivity index (χ1) is 9.54. The molecule has 1 atom stereocenters. The van der Waals surface area contributed by atoms with Crippen LogP contribution in [0.3, 0.4) is 0 Å². The van der Waals surface area contributed by atoms with Crippen molar-refractivity contribution in [3.8, 4) is 0 Å². The lowest BCUT2D eigenvalue weighted by Crippen LogP contribution is -2.41. The minimum atomic E-state index is -0.166. The summed E-state index contributed by atoms with van der Waals surface area (Å²) in [6, 6.07) is 3.65. The van der Waals surface area contributed by atoms with Crippen LogP contribution < -0.4 is 11.1 Å². The summed E-state index contributed by atoms with van der Waals surface area (Å²) in [6.45, 7) is 4.56. The topological polar surface area (TPSA) is 77.2 Å². The van der Waals surface area contributed by atoms with Gasteiger partial charge in [0.05, 0.1) is 18.3 Å². The number of thiophene rings is 1. The zero-order valence-corrected chi connectivity index (χ0v) is 12.7. The Morgan fingerprint density at radius 2 is 2.30 bits per heavy atom. The first-order valence-corrected chi connectivity index (χ1v) is 7.29. The fraction of sp³-hybridized carbons (Fsp3) is 0.429. The SMILES string of the molecule is COCC(NC(=O)c1sc2ncccc2c1N)C(C)C. The fourth-order valence-electron chi connectivity index (χ4n) is 1.93. The van der Waals surface area contributed by atoms with Crippen molar-refractivity contribution in [1.82, 2.24) is 10.3 Å². The summed E-state index contributed by atoms with van der Waals surface area (Å²) < 4.78 is 5.14. The molecule has 0 spiro atoms. The van der Waals surface area contributed by atoms with Gasteiger partial charge >= 0.3 is 0 Å². The van der Waals surface area contributed by atoms with Crippen LogP contribution in [-0.2, 0) is 4.74 Å². The van der Waals surface area contributed by atoms with Gasteiger partial charge in [-0.2, -0.15) is 0 Å². The molecule has 0 aliphatic heterocycles. The number of anilines is 1. The largest absolute Gasteiger partial charge is 0.397 e. The van der Waals surface area contributed by atoms with Crippen LogP contribution in [0.15, 0.2) is 18.3 Å². The predicted molar refractivity (Wildman–Crippen MR) is 82.0 cm³/mol. The number of nitrogens with one attached hydrogen (secondary N) is 1. The number of nitrogens with zero attached hydrogens (tertiary/aromatic N) is 1. The minimum absolute atomic E-state index is 0.0370. The van der Waals surface area contributed by atoms with Crippen LogP contribution in [0.2, 0.25) is 0 Å². The first kappa shape index (κ1) is 14.7. The quantitative estimate of drug-likeness (QED) is 0.886. The Labute approximate surface area is 122 Å². The van der Waals surface area contributed by atoms with Crippen molar-refractivity contribution < 1.29 is 9.53 Å². The van der Waals surface area contributed by atoms with Crippen molar-refractivity contribution in [3.05, 3.63) is 23.2 Å². The number of amides is 1. The number of pyridine rings is 1. The molecule has 2 heterocycles. The average Bonchev–Trinajstić information content (AvgIpc) is 2.76. The van der Waals surface area contributed by atoms with Crippen LogP contribution in [0.4, 0.5) is 5.69 Å². The minimum Gasteiger partial charge on any atom is -0.397 e. The molecule has 108 valence electrons.